The van der Waals surface area contributed by atoms with Crippen LogP contribution in [-0.4, -0.2) is 20.1 Å². The summed E-state index contributed by atoms with van der Waals surface area (Å²) >= 11 is 0. The van der Waals surface area contributed by atoms with Gasteiger partial charge in [-0.15, -0.1) is 0 Å². The van der Waals surface area contributed by atoms with Crippen molar-refractivity contribution in [3.05, 3.63) is 23.8 Å². The molecule has 1 aliphatic rings. The molecule has 1 atom stereocenters. The first-order chi connectivity index (χ1) is 7.19. The second kappa shape index (κ2) is 3.57. The molecule has 0 bridgehead atoms. The smallest absolute Gasteiger partial charge is 0.234 e. The zero-order valence-corrected chi connectivity index (χ0v) is 9.28. The maximum Gasteiger partial charge on any atom is 0.234 e. The minimum atomic E-state index is 0.0000926. The number of carbonyl (C=O) groups is 1. The number of hydrogen-bond acceptors (Lipinski definition) is 2. The molecule has 2 rings (SSSR count). The Hall–Kier alpha value is -1.51. The van der Waals surface area contributed by atoms with Crippen molar-refractivity contribution >= 4 is 11.6 Å². The van der Waals surface area contributed by atoms with E-state index in [0.29, 0.717) is 0 Å². The van der Waals surface area contributed by atoms with Crippen LogP contribution in [0.3, 0.4) is 0 Å². The number of fused-ring (bicyclic) bond motifs is 1. The van der Waals surface area contributed by atoms with Crippen molar-refractivity contribution in [2.75, 3.05) is 19.1 Å². The van der Waals surface area contributed by atoms with E-state index >= 15 is 0 Å². The molecule has 0 radical (unpaired) electrons. The molecule has 1 aromatic rings. The Morgan fingerprint density at radius 3 is 2.80 bits per heavy atom. The highest BCUT2D eigenvalue weighted by atomic mass is 16.5. The number of benzene rings is 1. The molecule has 1 aliphatic heterocycles. The van der Waals surface area contributed by atoms with Crippen molar-refractivity contribution in [2.45, 2.75) is 19.3 Å². The number of hydrogen-bond donors (Lipinski definition) is 0. The molecule has 1 heterocycles. The summed E-state index contributed by atoms with van der Waals surface area (Å²) in [6.07, 6.45) is 0.837. The zero-order valence-electron chi connectivity index (χ0n) is 9.28. The molecule has 0 N–H and O–H groups in total. The number of carbonyl (C=O) groups excluding carboxylic acids is 1. The lowest BCUT2D eigenvalue weighted by atomic mass is 9.98. The van der Waals surface area contributed by atoms with E-state index in [-0.39, 0.29) is 11.8 Å². The third-order valence-corrected chi connectivity index (χ3v) is 3.01. The van der Waals surface area contributed by atoms with Crippen LogP contribution in [0, 0.1) is 0 Å². The van der Waals surface area contributed by atoms with Crippen molar-refractivity contribution in [1.29, 1.82) is 0 Å². The number of anilines is 1. The van der Waals surface area contributed by atoms with Gasteiger partial charge in [0.1, 0.15) is 5.75 Å². The lowest BCUT2D eigenvalue weighted by Crippen LogP contribution is -2.23. The number of ether oxygens (including phenoxy) is 1. The number of rotatable bonds is 2. The average molecular weight is 205 g/mol. The van der Waals surface area contributed by atoms with Gasteiger partial charge in [-0.3, -0.25) is 4.79 Å². The Balaban J connectivity index is 2.51. The van der Waals surface area contributed by atoms with Crippen LogP contribution >= 0.6 is 0 Å². The maximum atomic E-state index is 11.9. The fourth-order valence-electron chi connectivity index (χ4n) is 2.12. The van der Waals surface area contributed by atoms with Gasteiger partial charge in [0.05, 0.1) is 13.0 Å². The van der Waals surface area contributed by atoms with Crippen LogP contribution in [0.2, 0.25) is 0 Å². The highest BCUT2D eigenvalue weighted by Gasteiger charge is 2.33. The van der Waals surface area contributed by atoms with E-state index in [1.54, 1.807) is 12.0 Å². The minimum Gasteiger partial charge on any atom is -0.497 e. The van der Waals surface area contributed by atoms with E-state index in [2.05, 4.69) is 0 Å². The third kappa shape index (κ3) is 1.39. The van der Waals surface area contributed by atoms with Crippen LogP contribution < -0.4 is 9.64 Å². The lowest BCUT2D eigenvalue weighted by Gasteiger charge is -2.09. The Morgan fingerprint density at radius 1 is 1.47 bits per heavy atom. The summed E-state index contributed by atoms with van der Waals surface area (Å²) in [4.78, 5) is 13.6. The first-order valence-corrected chi connectivity index (χ1v) is 5.14. The van der Waals surface area contributed by atoms with Gasteiger partial charge < -0.3 is 9.64 Å². The van der Waals surface area contributed by atoms with Crippen LogP contribution in [0.25, 0.3) is 0 Å². The van der Waals surface area contributed by atoms with Crippen LogP contribution in [0.5, 0.6) is 5.75 Å². The maximum absolute atomic E-state index is 11.9. The van der Waals surface area contributed by atoms with Gasteiger partial charge in [-0.2, -0.15) is 0 Å². The Morgan fingerprint density at radius 2 is 2.20 bits per heavy atom. The normalized spacial score (nSPS) is 19.3. The Labute approximate surface area is 89.7 Å². The predicted molar refractivity (Wildman–Crippen MR) is 59.4 cm³/mol. The summed E-state index contributed by atoms with van der Waals surface area (Å²) in [6, 6.07) is 5.80. The van der Waals surface area contributed by atoms with Gasteiger partial charge in [0.25, 0.3) is 0 Å². The monoisotopic (exact) mass is 205 g/mol. The predicted octanol–water partition coefficient (Wildman–Crippen LogP) is 2.17. The number of likely N-dealkylation sites (N-methyl/N-ethyl adjacent to an activating group) is 1. The summed E-state index contributed by atoms with van der Waals surface area (Å²) < 4.78 is 5.17. The topological polar surface area (TPSA) is 29.5 Å². The minimum absolute atomic E-state index is 0.0000926. The van der Waals surface area contributed by atoms with Gasteiger partial charge in [0.15, 0.2) is 0 Å². The fourth-order valence-corrected chi connectivity index (χ4v) is 2.12. The molecule has 1 aromatic carbocycles. The second-order valence-electron chi connectivity index (χ2n) is 3.78. The summed E-state index contributed by atoms with van der Waals surface area (Å²) in [5, 5.41) is 0. The molecular weight excluding hydrogens is 190 g/mol. The molecular formula is C12H15NO2. The molecule has 0 aromatic heterocycles. The molecule has 0 aliphatic carbocycles. The van der Waals surface area contributed by atoms with Crippen LogP contribution in [-0.2, 0) is 4.79 Å². The molecule has 0 spiro atoms. The van der Waals surface area contributed by atoms with Gasteiger partial charge in [-0.25, -0.2) is 0 Å². The highest BCUT2D eigenvalue weighted by molar-refractivity contribution is 6.04. The lowest BCUT2D eigenvalue weighted by molar-refractivity contribution is -0.119. The number of amides is 1. The van der Waals surface area contributed by atoms with Crippen LogP contribution in [0.15, 0.2) is 18.2 Å². The van der Waals surface area contributed by atoms with E-state index in [9.17, 15) is 4.79 Å². The molecule has 1 amide bonds. The molecule has 0 fully saturated rings. The molecule has 1 unspecified atom stereocenters. The number of nitrogens with zero attached hydrogens (tertiary/aromatic N) is 1. The van der Waals surface area contributed by atoms with Crippen molar-refractivity contribution in [3.8, 4) is 5.75 Å². The SMILES string of the molecule is CCC1C(=O)N(C)c2ccc(OC)cc21. The van der Waals surface area contributed by atoms with E-state index in [1.807, 2.05) is 32.2 Å². The average Bonchev–Trinajstić information content (AvgIpc) is 2.51. The zero-order chi connectivity index (χ0) is 11.0. The molecule has 0 saturated carbocycles. The summed E-state index contributed by atoms with van der Waals surface area (Å²) in [5.41, 5.74) is 2.09. The first kappa shape index (κ1) is 10.0. The molecule has 3 nitrogen and oxygen atoms in total. The molecule has 0 saturated heterocycles. The number of methoxy groups -OCH3 is 1. The summed E-state index contributed by atoms with van der Waals surface area (Å²) in [7, 11) is 3.46. The molecule has 3 heteroatoms. The van der Waals surface area contributed by atoms with Gasteiger partial charge >= 0.3 is 0 Å². The van der Waals surface area contributed by atoms with Crippen molar-refractivity contribution in [3.63, 3.8) is 0 Å². The Bertz CT molecular complexity index is 401. The fraction of sp³-hybridized carbons (Fsp3) is 0.417. The van der Waals surface area contributed by atoms with Crippen molar-refractivity contribution in [1.82, 2.24) is 0 Å². The van der Waals surface area contributed by atoms with E-state index in [1.165, 1.54) is 0 Å². The van der Waals surface area contributed by atoms with Gasteiger partial charge in [-0.05, 0) is 30.2 Å². The quantitative estimate of drug-likeness (QED) is 0.740. The van der Waals surface area contributed by atoms with Gasteiger partial charge in [0.2, 0.25) is 5.91 Å². The Kier molecular flexibility index (Phi) is 2.39. The standard InChI is InChI=1S/C12H15NO2/c1-4-9-10-7-8(15-3)5-6-11(10)13(2)12(9)14/h5-7,9H,4H2,1-3H3. The van der Waals surface area contributed by atoms with Crippen LogP contribution in [0.1, 0.15) is 24.8 Å². The van der Waals surface area contributed by atoms with E-state index < -0.39 is 0 Å². The molecule has 80 valence electrons. The van der Waals surface area contributed by atoms with Gasteiger partial charge in [-0.1, -0.05) is 6.92 Å². The van der Waals surface area contributed by atoms with E-state index in [4.69, 9.17) is 4.74 Å². The van der Waals surface area contributed by atoms with E-state index in [0.717, 1.165) is 23.4 Å². The summed E-state index contributed by atoms with van der Waals surface area (Å²) in [5.74, 6) is 0.996. The first-order valence-electron chi connectivity index (χ1n) is 5.14. The van der Waals surface area contributed by atoms with Gasteiger partial charge in [0, 0.05) is 12.7 Å². The van der Waals surface area contributed by atoms with Crippen molar-refractivity contribution < 1.29 is 9.53 Å². The molecule has 15 heavy (non-hydrogen) atoms. The largest absolute Gasteiger partial charge is 0.497 e. The third-order valence-electron chi connectivity index (χ3n) is 3.01. The summed E-state index contributed by atoms with van der Waals surface area (Å²) in [6.45, 7) is 2.03. The van der Waals surface area contributed by atoms with Crippen LogP contribution in [0.4, 0.5) is 5.69 Å². The second-order valence-corrected chi connectivity index (χ2v) is 3.78. The highest BCUT2D eigenvalue weighted by Crippen LogP contribution is 2.39. The van der Waals surface area contributed by atoms with Crippen molar-refractivity contribution in [2.24, 2.45) is 0 Å².